The Morgan fingerprint density at radius 2 is 2.16 bits per heavy atom. The van der Waals surface area contributed by atoms with Gasteiger partial charge in [-0.25, -0.2) is 0 Å². The maximum absolute atomic E-state index is 13.0. The van der Waals surface area contributed by atoms with E-state index in [1.165, 1.54) is 0 Å². The fourth-order valence-electron chi connectivity index (χ4n) is 3.71. The summed E-state index contributed by atoms with van der Waals surface area (Å²) in [6, 6.07) is 8.01. The fraction of sp³-hybridized carbons (Fsp3) is 0.500. The summed E-state index contributed by atoms with van der Waals surface area (Å²) in [4.78, 5) is 21.4. The van der Waals surface area contributed by atoms with Crippen molar-refractivity contribution in [3.63, 3.8) is 0 Å². The van der Waals surface area contributed by atoms with Crippen molar-refractivity contribution in [1.82, 2.24) is 14.8 Å². The second-order valence-corrected chi connectivity index (χ2v) is 6.79. The maximum Gasteiger partial charge on any atom is 0.226 e. The van der Waals surface area contributed by atoms with Crippen LogP contribution in [0.3, 0.4) is 0 Å². The Balaban J connectivity index is 1.56. The van der Waals surface area contributed by atoms with Crippen LogP contribution in [-0.4, -0.2) is 40.8 Å². The van der Waals surface area contributed by atoms with Crippen molar-refractivity contribution in [2.24, 2.45) is 5.92 Å². The lowest BCUT2D eigenvalue weighted by Crippen LogP contribution is -2.42. The van der Waals surface area contributed by atoms with Gasteiger partial charge in [-0.05, 0) is 56.1 Å². The van der Waals surface area contributed by atoms with Crippen LogP contribution >= 0.6 is 0 Å². The van der Waals surface area contributed by atoms with Crippen LogP contribution in [0.25, 0.3) is 0 Å². The number of nitrogens with zero attached hydrogens (tertiary/aromatic N) is 3. The van der Waals surface area contributed by atoms with E-state index < -0.39 is 0 Å². The number of furan rings is 1. The van der Waals surface area contributed by atoms with Gasteiger partial charge in [0.1, 0.15) is 5.76 Å². The first-order chi connectivity index (χ1) is 12.2. The molecule has 1 atom stereocenters. The van der Waals surface area contributed by atoms with Crippen LogP contribution in [0.5, 0.6) is 0 Å². The lowest BCUT2D eigenvalue weighted by atomic mass is 9.93. The summed E-state index contributed by atoms with van der Waals surface area (Å²) in [5.41, 5.74) is 1.11. The number of rotatable bonds is 6. The third-order valence-electron chi connectivity index (χ3n) is 5.17. The molecular formula is C20H27N3O2. The normalized spacial score (nSPS) is 17.4. The summed E-state index contributed by atoms with van der Waals surface area (Å²) in [5, 5.41) is 0. The summed E-state index contributed by atoms with van der Waals surface area (Å²) < 4.78 is 5.42. The number of amides is 1. The molecule has 25 heavy (non-hydrogen) atoms. The Hall–Kier alpha value is -2.14. The topological polar surface area (TPSA) is 49.6 Å². The molecule has 5 nitrogen and oxygen atoms in total. The van der Waals surface area contributed by atoms with Crippen molar-refractivity contribution >= 4 is 5.91 Å². The highest BCUT2D eigenvalue weighted by atomic mass is 16.3. The molecule has 1 aliphatic rings. The molecule has 134 valence electrons. The summed E-state index contributed by atoms with van der Waals surface area (Å²) in [7, 11) is 1.93. The monoisotopic (exact) mass is 341 g/mol. The molecule has 0 aliphatic carbocycles. The third kappa shape index (κ3) is 4.28. The van der Waals surface area contributed by atoms with Crippen molar-refractivity contribution in [2.45, 2.75) is 38.8 Å². The molecule has 0 bridgehead atoms. The molecule has 5 heteroatoms. The minimum absolute atomic E-state index is 0.0994. The number of aromatic nitrogens is 1. The molecule has 1 amide bonds. The summed E-state index contributed by atoms with van der Waals surface area (Å²) in [6.45, 7) is 4.83. The van der Waals surface area contributed by atoms with Crippen LogP contribution in [0.4, 0.5) is 0 Å². The number of likely N-dealkylation sites (tertiary alicyclic amines) is 1. The van der Waals surface area contributed by atoms with Crippen molar-refractivity contribution < 1.29 is 9.21 Å². The van der Waals surface area contributed by atoms with Crippen molar-refractivity contribution in [3.8, 4) is 0 Å². The molecule has 0 spiro atoms. The molecule has 0 saturated carbocycles. The van der Waals surface area contributed by atoms with Crippen LogP contribution in [0.15, 0.2) is 47.3 Å². The Morgan fingerprint density at radius 1 is 1.36 bits per heavy atom. The average molecular weight is 341 g/mol. The van der Waals surface area contributed by atoms with Gasteiger partial charge >= 0.3 is 0 Å². The van der Waals surface area contributed by atoms with E-state index in [1.807, 2.05) is 36.3 Å². The van der Waals surface area contributed by atoms with Gasteiger partial charge in [0.15, 0.2) is 0 Å². The SMILES string of the molecule is CC[C@@H](c1cccnc1)N(C)C(=O)C1CCN(Cc2ccco2)CC1. The minimum Gasteiger partial charge on any atom is -0.468 e. The Morgan fingerprint density at radius 3 is 2.76 bits per heavy atom. The zero-order chi connectivity index (χ0) is 17.6. The second kappa shape index (κ2) is 8.30. The van der Waals surface area contributed by atoms with Gasteiger partial charge in [0, 0.05) is 25.4 Å². The molecule has 1 aliphatic heterocycles. The largest absolute Gasteiger partial charge is 0.468 e. The number of carbonyl (C=O) groups excluding carboxylic acids is 1. The van der Waals surface area contributed by atoms with Gasteiger partial charge in [0.05, 0.1) is 18.8 Å². The molecule has 2 aromatic heterocycles. The highest BCUT2D eigenvalue weighted by Crippen LogP contribution is 2.27. The first-order valence-corrected chi connectivity index (χ1v) is 9.10. The molecule has 3 heterocycles. The quantitative estimate of drug-likeness (QED) is 0.807. The van der Waals surface area contributed by atoms with Gasteiger partial charge in [-0.2, -0.15) is 0 Å². The zero-order valence-electron chi connectivity index (χ0n) is 15.1. The van der Waals surface area contributed by atoms with Crippen LogP contribution in [0.2, 0.25) is 0 Å². The molecule has 1 saturated heterocycles. The number of pyridine rings is 1. The smallest absolute Gasteiger partial charge is 0.226 e. The molecule has 0 radical (unpaired) electrons. The average Bonchev–Trinajstić information content (AvgIpc) is 3.16. The first-order valence-electron chi connectivity index (χ1n) is 9.10. The summed E-state index contributed by atoms with van der Waals surface area (Å²) >= 11 is 0. The van der Waals surface area contributed by atoms with E-state index in [1.54, 1.807) is 12.5 Å². The van der Waals surface area contributed by atoms with Gasteiger partial charge in [0.25, 0.3) is 0 Å². The van der Waals surface area contributed by atoms with E-state index >= 15 is 0 Å². The van der Waals surface area contributed by atoms with Crippen molar-refractivity contribution in [2.75, 3.05) is 20.1 Å². The maximum atomic E-state index is 13.0. The van der Waals surface area contributed by atoms with Gasteiger partial charge in [0.2, 0.25) is 5.91 Å². The lowest BCUT2D eigenvalue weighted by molar-refractivity contribution is -0.138. The van der Waals surface area contributed by atoms with Crippen LogP contribution in [0.1, 0.15) is 43.6 Å². The number of hydrogen-bond donors (Lipinski definition) is 0. The molecular weight excluding hydrogens is 314 g/mol. The lowest BCUT2D eigenvalue weighted by Gasteiger charge is -2.35. The molecule has 0 aromatic carbocycles. The molecule has 0 N–H and O–H groups in total. The van der Waals surface area contributed by atoms with E-state index in [-0.39, 0.29) is 17.9 Å². The number of carbonyl (C=O) groups is 1. The molecule has 1 fully saturated rings. The predicted octanol–water partition coefficient (Wildman–Crippen LogP) is 3.50. The van der Waals surface area contributed by atoms with Gasteiger partial charge in [-0.1, -0.05) is 13.0 Å². The molecule has 0 unspecified atom stereocenters. The highest BCUT2D eigenvalue weighted by Gasteiger charge is 2.30. The van der Waals surface area contributed by atoms with E-state index in [4.69, 9.17) is 4.42 Å². The van der Waals surface area contributed by atoms with E-state index in [0.29, 0.717) is 0 Å². The van der Waals surface area contributed by atoms with Gasteiger partial charge in [-0.15, -0.1) is 0 Å². The van der Waals surface area contributed by atoms with Crippen LogP contribution < -0.4 is 0 Å². The number of piperidine rings is 1. The van der Waals surface area contributed by atoms with E-state index in [9.17, 15) is 4.79 Å². The van der Waals surface area contributed by atoms with Crippen molar-refractivity contribution in [3.05, 3.63) is 54.2 Å². The minimum atomic E-state index is 0.0994. The van der Waals surface area contributed by atoms with E-state index in [0.717, 1.165) is 50.2 Å². The Labute approximate surface area is 149 Å². The van der Waals surface area contributed by atoms with Crippen LogP contribution in [-0.2, 0) is 11.3 Å². The second-order valence-electron chi connectivity index (χ2n) is 6.79. The van der Waals surface area contributed by atoms with Crippen molar-refractivity contribution in [1.29, 1.82) is 0 Å². The highest BCUT2D eigenvalue weighted by molar-refractivity contribution is 5.79. The predicted molar refractivity (Wildman–Crippen MR) is 96.7 cm³/mol. The Kier molecular flexibility index (Phi) is 5.87. The van der Waals surface area contributed by atoms with Gasteiger partial charge in [-0.3, -0.25) is 14.7 Å². The molecule has 2 aromatic rings. The summed E-state index contributed by atoms with van der Waals surface area (Å²) in [5.74, 6) is 1.36. The summed E-state index contributed by atoms with van der Waals surface area (Å²) in [6.07, 6.45) is 8.06. The van der Waals surface area contributed by atoms with Gasteiger partial charge < -0.3 is 9.32 Å². The Bertz CT molecular complexity index is 649. The molecule has 3 rings (SSSR count). The zero-order valence-corrected chi connectivity index (χ0v) is 15.1. The first kappa shape index (κ1) is 17.7. The van der Waals surface area contributed by atoms with Crippen LogP contribution in [0, 0.1) is 5.92 Å². The fourth-order valence-corrected chi connectivity index (χ4v) is 3.71. The number of hydrogen-bond acceptors (Lipinski definition) is 4. The standard InChI is InChI=1S/C20H27N3O2/c1-3-19(17-6-4-10-21-14-17)22(2)20(24)16-8-11-23(12-9-16)15-18-7-5-13-25-18/h4-7,10,13-14,16,19H,3,8-9,11-12,15H2,1-2H3/t19-/m0/s1. The third-order valence-corrected chi connectivity index (χ3v) is 5.17. The van der Waals surface area contributed by atoms with E-state index in [2.05, 4.69) is 22.9 Å².